The first-order chi connectivity index (χ1) is 11.6. The van der Waals surface area contributed by atoms with Crippen molar-refractivity contribution in [3.63, 3.8) is 0 Å². The molecule has 5 nitrogen and oxygen atoms in total. The number of para-hydroxylation sites is 2. The van der Waals surface area contributed by atoms with Gasteiger partial charge in [0.2, 0.25) is 5.91 Å². The molecule has 1 fully saturated rings. The largest absolute Gasteiger partial charge is 0.484 e. The van der Waals surface area contributed by atoms with Crippen LogP contribution in [0, 0.1) is 6.92 Å². The van der Waals surface area contributed by atoms with Crippen molar-refractivity contribution >= 4 is 23.2 Å². The van der Waals surface area contributed by atoms with Crippen LogP contribution in [-0.2, 0) is 9.59 Å². The van der Waals surface area contributed by atoms with E-state index in [2.05, 4.69) is 5.32 Å². The van der Waals surface area contributed by atoms with Gasteiger partial charge >= 0.3 is 0 Å². The smallest absolute Gasteiger partial charge is 0.262 e. The molecule has 0 spiro atoms. The van der Waals surface area contributed by atoms with E-state index in [0.717, 1.165) is 17.7 Å². The second kappa shape index (κ2) is 7.17. The molecule has 1 N–H and O–H groups in total. The van der Waals surface area contributed by atoms with Crippen molar-refractivity contribution in [2.45, 2.75) is 19.8 Å². The Morgan fingerprint density at radius 2 is 2.04 bits per heavy atom. The van der Waals surface area contributed by atoms with E-state index < -0.39 is 0 Å². The lowest BCUT2D eigenvalue weighted by Gasteiger charge is -2.20. The molecule has 2 aromatic rings. The second-order valence-electron chi connectivity index (χ2n) is 5.82. The summed E-state index contributed by atoms with van der Waals surface area (Å²) in [6.45, 7) is 2.58. The highest BCUT2D eigenvalue weighted by Gasteiger charge is 2.24. The number of ether oxygens (including phenoxy) is 1. The third-order valence-electron chi connectivity index (χ3n) is 3.90. The maximum atomic E-state index is 12.2. The van der Waals surface area contributed by atoms with Gasteiger partial charge in [0.15, 0.2) is 6.61 Å². The first-order valence-corrected chi connectivity index (χ1v) is 8.02. The van der Waals surface area contributed by atoms with Gasteiger partial charge < -0.3 is 15.0 Å². The number of benzene rings is 2. The van der Waals surface area contributed by atoms with E-state index in [9.17, 15) is 9.59 Å². The van der Waals surface area contributed by atoms with Crippen LogP contribution in [0.1, 0.15) is 18.4 Å². The van der Waals surface area contributed by atoms with Crippen LogP contribution in [0.2, 0.25) is 0 Å². The molecule has 5 heteroatoms. The fourth-order valence-corrected chi connectivity index (χ4v) is 2.76. The Morgan fingerprint density at radius 3 is 2.79 bits per heavy atom. The SMILES string of the molecule is Cc1cccc(OCC(=O)Nc2ccccc2N2CCCC2=O)c1. The molecule has 0 aromatic heterocycles. The Labute approximate surface area is 141 Å². The topological polar surface area (TPSA) is 58.6 Å². The molecule has 1 aliphatic rings. The average Bonchev–Trinajstić information content (AvgIpc) is 2.99. The summed E-state index contributed by atoms with van der Waals surface area (Å²) in [6, 6.07) is 14.9. The third-order valence-corrected chi connectivity index (χ3v) is 3.90. The molecular weight excluding hydrogens is 304 g/mol. The van der Waals surface area contributed by atoms with Crippen molar-refractivity contribution < 1.29 is 14.3 Å². The zero-order valence-electron chi connectivity index (χ0n) is 13.6. The normalized spacial score (nSPS) is 13.9. The highest BCUT2D eigenvalue weighted by Crippen LogP contribution is 2.29. The van der Waals surface area contributed by atoms with Gasteiger partial charge in [-0.15, -0.1) is 0 Å². The van der Waals surface area contributed by atoms with Crippen molar-refractivity contribution in [1.82, 2.24) is 0 Å². The summed E-state index contributed by atoms with van der Waals surface area (Å²) in [5.41, 5.74) is 2.44. The van der Waals surface area contributed by atoms with E-state index in [1.54, 1.807) is 11.0 Å². The summed E-state index contributed by atoms with van der Waals surface area (Å²) in [5.74, 6) is 0.497. The molecule has 3 rings (SSSR count). The minimum atomic E-state index is -0.254. The first-order valence-electron chi connectivity index (χ1n) is 8.02. The Bertz CT molecular complexity index is 758. The summed E-state index contributed by atoms with van der Waals surface area (Å²) in [4.78, 5) is 25.8. The zero-order chi connectivity index (χ0) is 16.9. The molecule has 0 saturated carbocycles. The number of nitrogens with zero attached hydrogens (tertiary/aromatic N) is 1. The molecule has 0 atom stereocenters. The fraction of sp³-hybridized carbons (Fsp3) is 0.263. The summed E-state index contributed by atoms with van der Waals surface area (Å²) in [6.07, 6.45) is 1.40. The van der Waals surface area contributed by atoms with Gasteiger partial charge in [-0.05, 0) is 43.2 Å². The molecule has 2 aromatic carbocycles. The number of hydrogen-bond donors (Lipinski definition) is 1. The van der Waals surface area contributed by atoms with Gasteiger partial charge in [-0.3, -0.25) is 9.59 Å². The van der Waals surface area contributed by atoms with Gasteiger partial charge in [0.1, 0.15) is 5.75 Å². The van der Waals surface area contributed by atoms with E-state index >= 15 is 0 Å². The molecule has 0 unspecified atom stereocenters. The van der Waals surface area contributed by atoms with Crippen molar-refractivity contribution in [2.75, 3.05) is 23.4 Å². The predicted molar refractivity (Wildman–Crippen MR) is 93.3 cm³/mol. The molecule has 124 valence electrons. The molecule has 0 aliphatic carbocycles. The molecule has 0 bridgehead atoms. The van der Waals surface area contributed by atoms with E-state index in [1.165, 1.54) is 0 Å². The van der Waals surface area contributed by atoms with E-state index in [0.29, 0.717) is 24.4 Å². The number of carbonyl (C=O) groups excluding carboxylic acids is 2. The number of hydrogen-bond acceptors (Lipinski definition) is 3. The monoisotopic (exact) mass is 324 g/mol. The molecule has 24 heavy (non-hydrogen) atoms. The van der Waals surface area contributed by atoms with Crippen LogP contribution in [0.25, 0.3) is 0 Å². The average molecular weight is 324 g/mol. The molecule has 1 aliphatic heterocycles. The maximum absolute atomic E-state index is 12.2. The summed E-state index contributed by atoms with van der Waals surface area (Å²) < 4.78 is 5.51. The maximum Gasteiger partial charge on any atom is 0.262 e. The van der Waals surface area contributed by atoms with Crippen molar-refractivity contribution in [3.05, 3.63) is 54.1 Å². The zero-order valence-corrected chi connectivity index (χ0v) is 13.6. The van der Waals surface area contributed by atoms with E-state index in [-0.39, 0.29) is 18.4 Å². The van der Waals surface area contributed by atoms with Gasteiger partial charge in [0.05, 0.1) is 11.4 Å². The summed E-state index contributed by atoms with van der Waals surface area (Å²) >= 11 is 0. The molecule has 1 saturated heterocycles. The lowest BCUT2D eigenvalue weighted by Crippen LogP contribution is -2.26. The van der Waals surface area contributed by atoms with Gasteiger partial charge in [-0.1, -0.05) is 24.3 Å². The lowest BCUT2D eigenvalue weighted by molar-refractivity contribution is -0.118. The quantitative estimate of drug-likeness (QED) is 0.919. The lowest BCUT2D eigenvalue weighted by atomic mass is 10.2. The van der Waals surface area contributed by atoms with Gasteiger partial charge in [-0.25, -0.2) is 0 Å². The van der Waals surface area contributed by atoms with E-state index in [4.69, 9.17) is 4.74 Å². The number of rotatable bonds is 5. The molecular formula is C19H20N2O3. The number of carbonyl (C=O) groups is 2. The van der Waals surface area contributed by atoms with Crippen molar-refractivity contribution in [3.8, 4) is 5.75 Å². The van der Waals surface area contributed by atoms with E-state index in [1.807, 2.05) is 49.4 Å². The fourth-order valence-electron chi connectivity index (χ4n) is 2.76. The van der Waals surface area contributed by atoms with Crippen molar-refractivity contribution in [2.24, 2.45) is 0 Å². The molecule has 0 radical (unpaired) electrons. The van der Waals surface area contributed by atoms with Gasteiger partial charge in [0.25, 0.3) is 5.91 Å². The minimum absolute atomic E-state index is 0.0776. The van der Waals surface area contributed by atoms with Crippen LogP contribution < -0.4 is 15.0 Å². The second-order valence-corrected chi connectivity index (χ2v) is 5.82. The van der Waals surface area contributed by atoms with Crippen LogP contribution in [0.3, 0.4) is 0 Å². The highest BCUT2D eigenvalue weighted by molar-refractivity contribution is 6.02. The van der Waals surface area contributed by atoms with Crippen LogP contribution in [0.4, 0.5) is 11.4 Å². The molecule has 1 heterocycles. The van der Waals surface area contributed by atoms with Crippen molar-refractivity contribution in [1.29, 1.82) is 0 Å². The number of amides is 2. The Morgan fingerprint density at radius 1 is 1.21 bits per heavy atom. The third kappa shape index (κ3) is 3.74. The number of aryl methyl sites for hydroxylation is 1. The number of nitrogens with one attached hydrogen (secondary N) is 1. The Kier molecular flexibility index (Phi) is 4.79. The summed E-state index contributed by atoms with van der Waals surface area (Å²) in [7, 11) is 0. The first kappa shape index (κ1) is 16.1. The van der Waals surface area contributed by atoms with Crippen LogP contribution in [0.15, 0.2) is 48.5 Å². The standard InChI is InChI=1S/C19H20N2O3/c1-14-6-4-7-15(12-14)24-13-18(22)20-16-8-2-3-9-17(16)21-11-5-10-19(21)23/h2-4,6-9,12H,5,10-11,13H2,1H3,(H,20,22). The number of anilines is 2. The van der Waals surface area contributed by atoms with Crippen LogP contribution >= 0.6 is 0 Å². The van der Waals surface area contributed by atoms with Crippen LogP contribution in [0.5, 0.6) is 5.75 Å². The van der Waals surface area contributed by atoms with Gasteiger partial charge in [0, 0.05) is 13.0 Å². The molecule has 2 amide bonds. The Balaban J connectivity index is 1.65. The Hall–Kier alpha value is -2.82. The predicted octanol–water partition coefficient (Wildman–Crippen LogP) is 3.14. The van der Waals surface area contributed by atoms with Crippen LogP contribution in [-0.4, -0.2) is 25.0 Å². The highest BCUT2D eigenvalue weighted by atomic mass is 16.5. The van der Waals surface area contributed by atoms with Gasteiger partial charge in [-0.2, -0.15) is 0 Å². The minimum Gasteiger partial charge on any atom is -0.484 e. The summed E-state index contributed by atoms with van der Waals surface area (Å²) in [5, 5.41) is 2.84.